The number of hydrogen-bond donors (Lipinski definition) is 0. The molecule has 0 bridgehead atoms. The lowest BCUT2D eigenvalue weighted by atomic mass is 10.0. The molecule has 2 heteroatoms. The lowest BCUT2D eigenvalue weighted by Gasteiger charge is -2.33. The number of nitrogens with zero attached hydrogens (tertiary/aromatic N) is 2. The molecule has 0 atom stereocenters. The molecule has 0 aromatic rings. The molecule has 0 unspecified atom stereocenters. The first-order chi connectivity index (χ1) is 18.8. The van der Waals surface area contributed by atoms with E-state index in [4.69, 9.17) is 0 Å². The third-order valence-corrected chi connectivity index (χ3v) is 9.26. The Kier molecular flexibility index (Phi) is 28.0. The molecule has 0 saturated heterocycles. The molecule has 0 aliphatic carbocycles. The second-order valence-corrected chi connectivity index (χ2v) is 14.6. The van der Waals surface area contributed by atoms with Crippen LogP contribution in [0.25, 0.3) is 0 Å². The molecule has 2 nitrogen and oxygen atoms in total. The highest BCUT2D eigenvalue weighted by Gasteiger charge is 2.19. The highest BCUT2D eigenvalue weighted by molar-refractivity contribution is 4.51. The van der Waals surface area contributed by atoms with Gasteiger partial charge in [0.25, 0.3) is 0 Å². The fourth-order valence-corrected chi connectivity index (χ4v) is 6.27. The summed E-state index contributed by atoms with van der Waals surface area (Å²) in [6.45, 7) is 10.0. The predicted octanol–water partition coefficient (Wildman–Crippen LogP) is 11.7. The quantitative estimate of drug-likeness (QED) is 0.0575. The van der Waals surface area contributed by atoms with E-state index in [1.807, 2.05) is 0 Å². The summed E-state index contributed by atoms with van der Waals surface area (Å²) in [4.78, 5) is 0. The van der Waals surface area contributed by atoms with E-state index in [0.717, 1.165) is 0 Å². The Morgan fingerprint density at radius 3 is 0.641 bits per heavy atom. The molecule has 0 N–H and O–H groups in total. The molecule has 0 radical (unpaired) electrons. The van der Waals surface area contributed by atoms with E-state index >= 15 is 0 Å². The third kappa shape index (κ3) is 30.7. The van der Waals surface area contributed by atoms with Crippen LogP contribution in [0, 0.1) is 0 Å². The number of unbranched alkanes of at least 4 members (excludes halogenated alkanes) is 24. The first kappa shape index (κ1) is 38.9. The molecule has 0 aromatic heterocycles. The Hall–Kier alpha value is -0.0800. The SMILES string of the molecule is CCCCCCCCCCCCCCC[N+](C)(C)CCC[N+](C)(C)CCCCCCCCCCCCCCC. The molecule has 236 valence electrons. The van der Waals surface area contributed by atoms with Gasteiger partial charge >= 0.3 is 0 Å². The maximum absolute atomic E-state index is 2.47. The molecule has 0 saturated carbocycles. The van der Waals surface area contributed by atoms with Crippen molar-refractivity contribution in [2.45, 2.75) is 187 Å². The van der Waals surface area contributed by atoms with Crippen molar-refractivity contribution in [1.82, 2.24) is 0 Å². The van der Waals surface area contributed by atoms with Gasteiger partial charge in [-0.1, -0.05) is 155 Å². The Morgan fingerprint density at radius 2 is 0.410 bits per heavy atom. The maximum atomic E-state index is 2.47. The lowest BCUT2D eigenvalue weighted by Crippen LogP contribution is -2.46. The van der Waals surface area contributed by atoms with Gasteiger partial charge in [-0.3, -0.25) is 0 Å². The van der Waals surface area contributed by atoms with Gasteiger partial charge in [0, 0.05) is 6.42 Å². The van der Waals surface area contributed by atoms with Crippen LogP contribution in [0.15, 0.2) is 0 Å². The zero-order valence-electron chi connectivity index (χ0n) is 28.8. The molecule has 0 aromatic carbocycles. The fourth-order valence-electron chi connectivity index (χ4n) is 6.27. The van der Waals surface area contributed by atoms with Crippen LogP contribution in [0.5, 0.6) is 0 Å². The Bertz CT molecular complexity index is 428. The van der Waals surface area contributed by atoms with E-state index in [0.29, 0.717) is 0 Å². The van der Waals surface area contributed by atoms with Gasteiger partial charge in [-0.05, 0) is 25.7 Å². The fraction of sp³-hybridized carbons (Fsp3) is 1.00. The first-order valence-corrected chi connectivity index (χ1v) is 18.5. The summed E-state index contributed by atoms with van der Waals surface area (Å²) in [5.41, 5.74) is 0. The first-order valence-electron chi connectivity index (χ1n) is 18.5. The van der Waals surface area contributed by atoms with E-state index in [1.165, 1.54) is 209 Å². The second-order valence-electron chi connectivity index (χ2n) is 14.6. The van der Waals surface area contributed by atoms with Crippen molar-refractivity contribution in [3.63, 3.8) is 0 Å². The van der Waals surface area contributed by atoms with Gasteiger partial charge in [0.15, 0.2) is 0 Å². The third-order valence-electron chi connectivity index (χ3n) is 9.26. The van der Waals surface area contributed by atoms with E-state index < -0.39 is 0 Å². The van der Waals surface area contributed by atoms with Gasteiger partial charge in [0.1, 0.15) is 0 Å². The summed E-state index contributed by atoms with van der Waals surface area (Å²) in [6, 6.07) is 0. The summed E-state index contributed by atoms with van der Waals surface area (Å²) >= 11 is 0. The van der Waals surface area contributed by atoms with Crippen LogP contribution in [-0.2, 0) is 0 Å². The molecule has 0 fully saturated rings. The van der Waals surface area contributed by atoms with E-state index in [1.54, 1.807) is 0 Å². The maximum Gasteiger partial charge on any atom is 0.0836 e. The molecule has 0 aliphatic rings. The molecule has 39 heavy (non-hydrogen) atoms. The standard InChI is InChI=1S/C37H80N2/c1-7-9-11-13-15-17-19-21-23-25-27-29-31-34-38(3,4)36-33-37-39(5,6)35-32-30-28-26-24-22-20-18-16-14-12-10-8-2/h7-37H2,1-6H3/q+2. The Morgan fingerprint density at radius 1 is 0.231 bits per heavy atom. The normalized spacial score (nSPS) is 12.5. The van der Waals surface area contributed by atoms with Gasteiger partial charge in [0.2, 0.25) is 0 Å². The number of hydrogen-bond acceptors (Lipinski definition) is 0. The molecule has 0 spiro atoms. The smallest absolute Gasteiger partial charge is 0.0836 e. The van der Waals surface area contributed by atoms with Gasteiger partial charge < -0.3 is 8.97 Å². The molecule has 0 aliphatic heterocycles. The van der Waals surface area contributed by atoms with E-state index in [-0.39, 0.29) is 0 Å². The van der Waals surface area contributed by atoms with Crippen LogP contribution >= 0.6 is 0 Å². The average molecular weight is 553 g/mol. The molecular weight excluding hydrogens is 472 g/mol. The van der Waals surface area contributed by atoms with Crippen LogP contribution in [0.1, 0.15) is 187 Å². The average Bonchev–Trinajstić information content (AvgIpc) is 2.89. The molecule has 0 rings (SSSR count). The van der Waals surface area contributed by atoms with Crippen molar-refractivity contribution in [3.8, 4) is 0 Å². The predicted molar refractivity (Wildman–Crippen MR) is 180 cm³/mol. The van der Waals surface area contributed by atoms with E-state index in [2.05, 4.69) is 42.0 Å². The van der Waals surface area contributed by atoms with Crippen molar-refractivity contribution < 1.29 is 8.97 Å². The number of quaternary nitrogens is 2. The zero-order valence-corrected chi connectivity index (χ0v) is 28.8. The van der Waals surface area contributed by atoms with Crippen molar-refractivity contribution in [2.24, 2.45) is 0 Å². The highest BCUT2D eigenvalue weighted by atomic mass is 15.3. The monoisotopic (exact) mass is 553 g/mol. The number of rotatable bonds is 32. The Balaban J connectivity index is 3.54. The van der Waals surface area contributed by atoms with Crippen LogP contribution in [-0.4, -0.2) is 63.3 Å². The topological polar surface area (TPSA) is 0 Å². The minimum atomic E-state index is 1.22. The van der Waals surface area contributed by atoms with Gasteiger partial charge in [0.05, 0.1) is 54.4 Å². The van der Waals surface area contributed by atoms with Gasteiger partial charge in [-0.15, -0.1) is 0 Å². The molecular formula is C37H80N2+2. The highest BCUT2D eigenvalue weighted by Crippen LogP contribution is 2.15. The van der Waals surface area contributed by atoms with Gasteiger partial charge in [-0.25, -0.2) is 0 Å². The second kappa shape index (κ2) is 28.1. The largest absolute Gasteiger partial charge is 0.328 e. The van der Waals surface area contributed by atoms with Crippen molar-refractivity contribution in [3.05, 3.63) is 0 Å². The zero-order chi connectivity index (χ0) is 28.9. The molecule has 0 heterocycles. The minimum Gasteiger partial charge on any atom is -0.328 e. The van der Waals surface area contributed by atoms with Crippen LogP contribution in [0.3, 0.4) is 0 Å². The lowest BCUT2D eigenvalue weighted by molar-refractivity contribution is -0.909. The van der Waals surface area contributed by atoms with Crippen LogP contribution in [0.4, 0.5) is 0 Å². The van der Waals surface area contributed by atoms with E-state index in [9.17, 15) is 0 Å². The minimum absolute atomic E-state index is 1.22. The summed E-state index contributed by atoms with van der Waals surface area (Å²) in [5, 5.41) is 0. The van der Waals surface area contributed by atoms with Crippen molar-refractivity contribution >= 4 is 0 Å². The van der Waals surface area contributed by atoms with Crippen molar-refractivity contribution in [2.75, 3.05) is 54.4 Å². The van der Waals surface area contributed by atoms with Crippen LogP contribution in [0.2, 0.25) is 0 Å². The summed E-state index contributed by atoms with van der Waals surface area (Å²) in [6.07, 6.45) is 39.2. The Labute approximate surface area is 250 Å². The summed E-state index contributed by atoms with van der Waals surface area (Å²) in [5.74, 6) is 0. The molecule has 0 amide bonds. The van der Waals surface area contributed by atoms with Gasteiger partial charge in [-0.2, -0.15) is 0 Å². The van der Waals surface area contributed by atoms with Crippen molar-refractivity contribution in [1.29, 1.82) is 0 Å². The van der Waals surface area contributed by atoms with Crippen LogP contribution < -0.4 is 0 Å². The summed E-state index contributed by atoms with van der Waals surface area (Å²) < 4.78 is 2.44. The summed E-state index contributed by atoms with van der Waals surface area (Å²) in [7, 11) is 9.86.